The summed E-state index contributed by atoms with van der Waals surface area (Å²) in [4.78, 5) is 10.2. The summed E-state index contributed by atoms with van der Waals surface area (Å²) in [6.45, 7) is 0. The molecule has 0 aliphatic carbocycles. The zero-order valence-electron chi connectivity index (χ0n) is 5.15. The molecule has 2 aliphatic heterocycles. The monoisotopic (exact) mass is 138 g/mol. The summed E-state index contributed by atoms with van der Waals surface area (Å²) in [6.07, 6.45) is 5.66. The van der Waals surface area contributed by atoms with Gasteiger partial charge in [-0.3, -0.25) is 10.2 Å². The Hall–Kier alpha value is -1.45. The molecule has 1 unspecified atom stereocenters. The van der Waals surface area contributed by atoms with Gasteiger partial charge in [0.1, 0.15) is 6.26 Å². The van der Waals surface area contributed by atoms with Gasteiger partial charge in [-0.05, 0) is 0 Å². The van der Waals surface area contributed by atoms with Gasteiger partial charge in [0.15, 0.2) is 6.29 Å². The second kappa shape index (κ2) is 1.76. The van der Waals surface area contributed by atoms with Crippen LogP contribution < -0.4 is 5.43 Å². The lowest BCUT2D eigenvalue weighted by molar-refractivity contribution is -0.105. The van der Waals surface area contributed by atoms with E-state index in [9.17, 15) is 4.79 Å². The molecule has 0 saturated carbocycles. The van der Waals surface area contributed by atoms with Gasteiger partial charge in [0, 0.05) is 6.08 Å². The summed E-state index contributed by atoms with van der Waals surface area (Å²) in [5.74, 6) is 0. The second-order valence-electron chi connectivity index (χ2n) is 2.07. The summed E-state index contributed by atoms with van der Waals surface area (Å²) < 4.78 is 5.06. The number of hydrogen-bond acceptors (Lipinski definition) is 4. The van der Waals surface area contributed by atoms with Crippen LogP contribution in [0.5, 0.6) is 0 Å². The van der Waals surface area contributed by atoms with E-state index in [4.69, 9.17) is 4.74 Å². The third-order valence-corrected chi connectivity index (χ3v) is 1.42. The summed E-state index contributed by atoms with van der Waals surface area (Å²) >= 11 is 0. The van der Waals surface area contributed by atoms with Crippen molar-refractivity contribution in [2.75, 3.05) is 0 Å². The first-order chi connectivity index (χ1) is 4.90. The van der Waals surface area contributed by atoms with Crippen LogP contribution in [-0.4, -0.2) is 17.5 Å². The first-order valence-electron chi connectivity index (χ1n) is 2.94. The van der Waals surface area contributed by atoms with Crippen molar-refractivity contribution in [3.05, 3.63) is 24.2 Å². The highest BCUT2D eigenvalue weighted by atomic mass is 16.5. The summed E-state index contributed by atoms with van der Waals surface area (Å²) in [7, 11) is 0. The van der Waals surface area contributed by atoms with E-state index in [-0.39, 0.29) is 6.23 Å². The Bertz CT molecular complexity index is 222. The van der Waals surface area contributed by atoms with E-state index in [0.29, 0.717) is 5.70 Å². The normalized spacial score (nSPS) is 27.0. The number of rotatable bonds is 1. The Balaban J connectivity index is 2.16. The highest BCUT2D eigenvalue weighted by Crippen LogP contribution is 2.16. The molecule has 1 N–H and O–H groups in total. The molecular formula is C6H6N2O2. The first-order valence-corrected chi connectivity index (χ1v) is 2.94. The smallest absolute Gasteiger partial charge is 0.210 e. The molecule has 4 heteroatoms. The van der Waals surface area contributed by atoms with Crippen molar-refractivity contribution >= 4 is 6.29 Å². The van der Waals surface area contributed by atoms with Crippen LogP contribution in [0.15, 0.2) is 24.2 Å². The molecule has 2 rings (SSSR count). The van der Waals surface area contributed by atoms with E-state index in [1.165, 1.54) is 0 Å². The summed E-state index contributed by atoms with van der Waals surface area (Å²) in [6, 6.07) is 0. The maximum absolute atomic E-state index is 10.2. The van der Waals surface area contributed by atoms with Gasteiger partial charge in [-0.25, -0.2) is 5.01 Å². The summed E-state index contributed by atoms with van der Waals surface area (Å²) in [5.41, 5.74) is 3.37. The molecule has 4 nitrogen and oxygen atoms in total. The van der Waals surface area contributed by atoms with Crippen molar-refractivity contribution in [3.8, 4) is 0 Å². The molecule has 10 heavy (non-hydrogen) atoms. The largest absolute Gasteiger partial charge is 0.471 e. The van der Waals surface area contributed by atoms with Gasteiger partial charge in [0.05, 0.1) is 11.9 Å². The van der Waals surface area contributed by atoms with Crippen LogP contribution in [-0.2, 0) is 9.53 Å². The van der Waals surface area contributed by atoms with Crippen molar-refractivity contribution in [3.63, 3.8) is 0 Å². The van der Waals surface area contributed by atoms with Gasteiger partial charge in [0.2, 0.25) is 6.23 Å². The van der Waals surface area contributed by atoms with Crippen molar-refractivity contribution in [2.24, 2.45) is 0 Å². The number of allylic oxidation sites excluding steroid dienone is 1. The van der Waals surface area contributed by atoms with Crippen molar-refractivity contribution in [2.45, 2.75) is 6.23 Å². The van der Waals surface area contributed by atoms with Crippen LogP contribution in [0.1, 0.15) is 0 Å². The van der Waals surface area contributed by atoms with Crippen LogP contribution in [0.4, 0.5) is 0 Å². The van der Waals surface area contributed by atoms with Crippen molar-refractivity contribution in [1.29, 1.82) is 0 Å². The predicted octanol–water partition coefficient (Wildman–Crippen LogP) is -0.283. The number of aldehydes is 1. The van der Waals surface area contributed by atoms with E-state index >= 15 is 0 Å². The fourth-order valence-electron chi connectivity index (χ4n) is 0.958. The van der Waals surface area contributed by atoms with E-state index in [2.05, 4.69) is 5.43 Å². The molecule has 52 valence electrons. The van der Waals surface area contributed by atoms with Crippen molar-refractivity contribution in [1.82, 2.24) is 10.4 Å². The van der Waals surface area contributed by atoms with E-state index in [1.807, 2.05) is 0 Å². The fraction of sp³-hybridized carbons (Fsp3) is 0.167. The van der Waals surface area contributed by atoms with E-state index in [1.54, 1.807) is 23.5 Å². The lowest BCUT2D eigenvalue weighted by Crippen LogP contribution is -2.31. The molecule has 0 fully saturated rings. The minimum Gasteiger partial charge on any atom is -0.471 e. The molecule has 0 radical (unpaired) electrons. The maximum Gasteiger partial charge on any atom is 0.210 e. The van der Waals surface area contributed by atoms with Crippen LogP contribution in [0, 0.1) is 0 Å². The Kier molecular flexibility index (Phi) is 0.943. The Morgan fingerprint density at radius 1 is 1.80 bits per heavy atom. The molecule has 0 saturated heterocycles. The minimum atomic E-state index is -0.125. The average molecular weight is 138 g/mol. The van der Waals surface area contributed by atoms with E-state index < -0.39 is 0 Å². The fourth-order valence-corrected chi connectivity index (χ4v) is 0.958. The Morgan fingerprint density at radius 3 is 3.40 bits per heavy atom. The first kappa shape index (κ1) is 5.34. The predicted molar refractivity (Wildman–Crippen MR) is 33.1 cm³/mol. The highest BCUT2D eigenvalue weighted by molar-refractivity contribution is 5.73. The maximum atomic E-state index is 10.2. The highest BCUT2D eigenvalue weighted by Gasteiger charge is 2.25. The quantitative estimate of drug-likeness (QED) is 0.506. The minimum absolute atomic E-state index is 0.125. The number of nitrogens with one attached hydrogen (secondary N) is 1. The molecule has 0 aromatic carbocycles. The standard InChI is InChI=1S/C6H6N2O2/c9-4-5-3-6-8(7-5)1-2-10-6/h1-4,6-7H. The zero-order valence-corrected chi connectivity index (χ0v) is 5.15. The third-order valence-electron chi connectivity index (χ3n) is 1.42. The van der Waals surface area contributed by atoms with Gasteiger partial charge in [-0.15, -0.1) is 0 Å². The SMILES string of the molecule is O=CC1=CC2OC=CN2N1. The van der Waals surface area contributed by atoms with Crippen molar-refractivity contribution < 1.29 is 9.53 Å². The number of ether oxygens (including phenoxy) is 1. The number of nitrogens with zero attached hydrogens (tertiary/aromatic N) is 1. The molecule has 0 bridgehead atoms. The molecule has 0 aromatic rings. The zero-order chi connectivity index (χ0) is 6.97. The topological polar surface area (TPSA) is 41.6 Å². The van der Waals surface area contributed by atoms with Crippen LogP contribution in [0.2, 0.25) is 0 Å². The average Bonchev–Trinajstić information content (AvgIpc) is 2.42. The van der Waals surface area contributed by atoms with Crippen LogP contribution in [0.25, 0.3) is 0 Å². The van der Waals surface area contributed by atoms with Crippen LogP contribution >= 0.6 is 0 Å². The van der Waals surface area contributed by atoms with E-state index in [0.717, 1.165) is 6.29 Å². The Morgan fingerprint density at radius 2 is 2.70 bits per heavy atom. The van der Waals surface area contributed by atoms with Gasteiger partial charge in [-0.2, -0.15) is 0 Å². The third kappa shape index (κ3) is 0.586. The lowest BCUT2D eigenvalue weighted by Gasteiger charge is -2.13. The van der Waals surface area contributed by atoms with Crippen LogP contribution in [0.3, 0.4) is 0 Å². The molecule has 0 spiro atoms. The Labute approximate surface area is 57.7 Å². The van der Waals surface area contributed by atoms with Gasteiger partial charge in [-0.1, -0.05) is 0 Å². The molecule has 1 atom stereocenters. The number of carbonyl (C=O) groups excluding carboxylic acids is 1. The molecule has 0 aromatic heterocycles. The number of carbonyl (C=O) groups is 1. The molecule has 0 amide bonds. The number of fused-ring (bicyclic) bond motifs is 1. The van der Waals surface area contributed by atoms with Gasteiger partial charge in [0.25, 0.3) is 0 Å². The molecular weight excluding hydrogens is 132 g/mol. The molecule has 2 aliphatic rings. The van der Waals surface area contributed by atoms with Gasteiger partial charge >= 0.3 is 0 Å². The van der Waals surface area contributed by atoms with Gasteiger partial charge < -0.3 is 4.74 Å². The number of hydrogen-bond donors (Lipinski definition) is 1. The second-order valence-corrected chi connectivity index (χ2v) is 2.07. The lowest BCUT2D eigenvalue weighted by atomic mass is 10.4. The summed E-state index contributed by atoms with van der Waals surface area (Å²) in [5, 5.41) is 1.71. The number of hydrazine groups is 1. The molecule has 2 heterocycles.